The quantitative estimate of drug-likeness (QED) is 0.633. The van der Waals surface area contributed by atoms with Crippen molar-refractivity contribution in [3.8, 4) is 0 Å². The van der Waals surface area contributed by atoms with Crippen LogP contribution in [0.3, 0.4) is 0 Å². The molecule has 0 spiro atoms. The van der Waals surface area contributed by atoms with Crippen LogP contribution in [-0.4, -0.2) is 35.9 Å². The third-order valence-corrected chi connectivity index (χ3v) is 2.90. The minimum absolute atomic E-state index is 0.397. The second kappa shape index (κ2) is 4.49. The summed E-state index contributed by atoms with van der Waals surface area (Å²) < 4.78 is 0. The van der Waals surface area contributed by atoms with E-state index < -0.39 is 0 Å². The summed E-state index contributed by atoms with van der Waals surface area (Å²) in [7, 11) is 0. The van der Waals surface area contributed by atoms with E-state index in [1.807, 2.05) is 0 Å². The number of hydrogen-bond acceptors (Lipinski definition) is 3. The first kappa shape index (κ1) is 10.4. The van der Waals surface area contributed by atoms with Gasteiger partial charge in [-0.1, -0.05) is 13.8 Å². The van der Waals surface area contributed by atoms with Crippen molar-refractivity contribution in [2.45, 2.75) is 32.2 Å². The molecule has 2 nitrogen and oxygen atoms in total. The van der Waals surface area contributed by atoms with Crippen LogP contribution in [0.5, 0.6) is 0 Å². The molecular weight excluding hydrogens is 168 g/mol. The van der Waals surface area contributed by atoms with Crippen LogP contribution in [0, 0.1) is 5.92 Å². The molecule has 1 N–H and O–H groups in total. The van der Waals surface area contributed by atoms with Crippen molar-refractivity contribution in [1.82, 2.24) is 10.2 Å². The standard InChI is InChI=1S/C9H20N2S/c1-7(2)9-6-11(8(3)12)5-4-10-9/h7-10,12H,4-6H2,1-3H3. The van der Waals surface area contributed by atoms with Crippen LogP contribution in [0.4, 0.5) is 0 Å². The topological polar surface area (TPSA) is 15.3 Å². The van der Waals surface area contributed by atoms with Crippen LogP contribution in [0.25, 0.3) is 0 Å². The van der Waals surface area contributed by atoms with Gasteiger partial charge in [-0.05, 0) is 12.8 Å². The summed E-state index contributed by atoms with van der Waals surface area (Å²) in [6.07, 6.45) is 0. The molecule has 0 aliphatic carbocycles. The van der Waals surface area contributed by atoms with Gasteiger partial charge >= 0.3 is 0 Å². The normalized spacial score (nSPS) is 29.2. The molecule has 3 heteroatoms. The molecule has 0 bridgehead atoms. The van der Waals surface area contributed by atoms with E-state index in [0.717, 1.165) is 25.6 Å². The van der Waals surface area contributed by atoms with E-state index in [4.69, 9.17) is 0 Å². The Kier molecular flexibility index (Phi) is 3.87. The van der Waals surface area contributed by atoms with Crippen LogP contribution < -0.4 is 5.32 Å². The lowest BCUT2D eigenvalue weighted by atomic mass is 10.0. The lowest BCUT2D eigenvalue weighted by molar-refractivity contribution is 0.171. The average molecular weight is 188 g/mol. The Labute approximate surface area is 81.1 Å². The highest BCUT2D eigenvalue weighted by molar-refractivity contribution is 7.80. The van der Waals surface area contributed by atoms with Crippen molar-refractivity contribution >= 4 is 12.6 Å². The van der Waals surface area contributed by atoms with Crippen LogP contribution in [0.2, 0.25) is 0 Å². The van der Waals surface area contributed by atoms with Gasteiger partial charge in [-0.3, -0.25) is 4.90 Å². The van der Waals surface area contributed by atoms with Crippen molar-refractivity contribution in [2.75, 3.05) is 19.6 Å². The van der Waals surface area contributed by atoms with Crippen LogP contribution >= 0.6 is 12.6 Å². The predicted molar refractivity (Wildman–Crippen MR) is 56.6 cm³/mol. The monoisotopic (exact) mass is 188 g/mol. The van der Waals surface area contributed by atoms with Crippen LogP contribution in [0.15, 0.2) is 0 Å². The lowest BCUT2D eigenvalue weighted by Crippen LogP contribution is -2.54. The van der Waals surface area contributed by atoms with Crippen molar-refractivity contribution in [1.29, 1.82) is 0 Å². The molecule has 0 aromatic rings. The zero-order valence-electron chi connectivity index (χ0n) is 8.25. The maximum absolute atomic E-state index is 4.45. The third kappa shape index (κ3) is 2.64. The smallest absolute Gasteiger partial charge is 0.0500 e. The summed E-state index contributed by atoms with van der Waals surface area (Å²) in [6, 6.07) is 0.647. The summed E-state index contributed by atoms with van der Waals surface area (Å²) in [5, 5.41) is 3.92. The lowest BCUT2D eigenvalue weighted by Gasteiger charge is -2.37. The van der Waals surface area contributed by atoms with Gasteiger partial charge in [0.15, 0.2) is 0 Å². The van der Waals surface area contributed by atoms with Crippen molar-refractivity contribution in [2.24, 2.45) is 5.92 Å². The van der Waals surface area contributed by atoms with Crippen molar-refractivity contribution in [3.05, 3.63) is 0 Å². The molecule has 0 aromatic heterocycles. The molecule has 1 saturated heterocycles. The van der Waals surface area contributed by atoms with Gasteiger partial charge in [0, 0.05) is 31.0 Å². The van der Waals surface area contributed by atoms with Gasteiger partial charge in [-0.2, -0.15) is 12.6 Å². The van der Waals surface area contributed by atoms with Crippen molar-refractivity contribution in [3.63, 3.8) is 0 Å². The first-order valence-electron chi connectivity index (χ1n) is 4.76. The SMILES string of the molecule is CC(C)C1CN(C(C)S)CCN1. The van der Waals surface area contributed by atoms with E-state index >= 15 is 0 Å². The molecule has 0 saturated carbocycles. The zero-order valence-corrected chi connectivity index (χ0v) is 9.14. The van der Waals surface area contributed by atoms with E-state index in [1.54, 1.807) is 0 Å². The maximum atomic E-state index is 4.45. The number of nitrogens with zero attached hydrogens (tertiary/aromatic N) is 1. The number of nitrogens with one attached hydrogen (secondary N) is 1. The highest BCUT2D eigenvalue weighted by Gasteiger charge is 2.23. The Balaban J connectivity index is 2.40. The number of thiol groups is 1. The van der Waals surface area contributed by atoms with E-state index in [2.05, 4.69) is 43.6 Å². The summed E-state index contributed by atoms with van der Waals surface area (Å²) in [5.41, 5.74) is 0. The first-order valence-corrected chi connectivity index (χ1v) is 5.28. The fourth-order valence-electron chi connectivity index (χ4n) is 1.59. The molecular formula is C9H20N2S. The number of rotatable bonds is 2. The zero-order chi connectivity index (χ0) is 9.14. The molecule has 0 aromatic carbocycles. The second-order valence-corrected chi connectivity index (χ2v) is 4.68. The Morgan fingerprint density at radius 2 is 2.08 bits per heavy atom. The molecule has 12 heavy (non-hydrogen) atoms. The first-order chi connectivity index (χ1) is 5.61. The fraction of sp³-hybridized carbons (Fsp3) is 1.00. The highest BCUT2D eigenvalue weighted by atomic mass is 32.1. The predicted octanol–water partition coefficient (Wildman–Crippen LogP) is 1.19. The maximum Gasteiger partial charge on any atom is 0.0500 e. The fourth-order valence-corrected chi connectivity index (χ4v) is 1.80. The molecule has 1 aliphatic heterocycles. The second-order valence-electron chi connectivity index (χ2n) is 3.93. The summed E-state index contributed by atoms with van der Waals surface area (Å²) in [5.74, 6) is 0.722. The minimum Gasteiger partial charge on any atom is -0.311 e. The summed E-state index contributed by atoms with van der Waals surface area (Å²) >= 11 is 4.45. The van der Waals surface area contributed by atoms with Gasteiger partial charge in [0.25, 0.3) is 0 Å². The van der Waals surface area contributed by atoms with E-state index in [-0.39, 0.29) is 0 Å². The Morgan fingerprint density at radius 3 is 2.58 bits per heavy atom. The molecule has 72 valence electrons. The van der Waals surface area contributed by atoms with Gasteiger partial charge in [0.2, 0.25) is 0 Å². The van der Waals surface area contributed by atoms with Gasteiger partial charge in [0.1, 0.15) is 0 Å². The highest BCUT2D eigenvalue weighted by Crippen LogP contribution is 2.12. The number of piperazine rings is 1. The van der Waals surface area contributed by atoms with E-state index in [0.29, 0.717) is 11.4 Å². The molecule has 2 atom stereocenters. The molecule has 2 unspecified atom stereocenters. The van der Waals surface area contributed by atoms with E-state index in [9.17, 15) is 0 Å². The average Bonchev–Trinajstić information content (AvgIpc) is 2.04. The minimum atomic E-state index is 0.397. The van der Waals surface area contributed by atoms with E-state index in [1.165, 1.54) is 0 Å². The molecule has 1 aliphatic rings. The largest absolute Gasteiger partial charge is 0.311 e. The Morgan fingerprint density at radius 1 is 1.42 bits per heavy atom. The van der Waals surface area contributed by atoms with Crippen molar-refractivity contribution < 1.29 is 0 Å². The number of hydrogen-bond donors (Lipinski definition) is 2. The van der Waals surface area contributed by atoms with Gasteiger partial charge in [0.05, 0.1) is 0 Å². The Bertz CT molecular complexity index is 122. The molecule has 1 heterocycles. The molecule has 1 fully saturated rings. The van der Waals surface area contributed by atoms with Gasteiger partial charge in [-0.25, -0.2) is 0 Å². The van der Waals surface area contributed by atoms with Crippen LogP contribution in [-0.2, 0) is 0 Å². The molecule has 0 amide bonds. The van der Waals surface area contributed by atoms with Crippen LogP contribution in [0.1, 0.15) is 20.8 Å². The molecule has 1 rings (SSSR count). The van der Waals surface area contributed by atoms with Gasteiger partial charge < -0.3 is 5.32 Å². The molecule has 0 radical (unpaired) electrons. The summed E-state index contributed by atoms with van der Waals surface area (Å²) in [4.78, 5) is 2.42. The third-order valence-electron chi connectivity index (χ3n) is 2.57. The van der Waals surface area contributed by atoms with Gasteiger partial charge in [-0.15, -0.1) is 0 Å². The summed E-state index contributed by atoms with van der Waals surface area (Å²) in [6.45, 7) is 10.1. The Hall–Kier alpha value is 0.270.